The Hall–Kier alpha value is -1.80. The van der Waals surface area contributed by atoms with Gasteiger partial charge in [0.25, 0.3) is 0 Å². The summed E-state index contributed by atoms with van der Waals surface area (Å²) in [6, 6.07) is 9.49. The number of aldehydes is 1. The van der Waals surface area contributed by atoms with Crippen LogP contribution in [0, 0.1) is 13.8 Å². The van der Waals surface area contributed by atoms with Gasteiger partial charge < -0.3 is 4.74 Å². The van der Waals surface area contributed by atoms with E-state index in [1.807, 2.05) is 26.0 Å². The highest BCUT2D eigenvalue weighted by atomic mass is 35.5. The Kier molecular flexibility index (Phi) is 3.91. The third kappa shape index (κ3) is 2.64. The normalized spacial score (nSPS) is 10.3. The first kappa shape index (κ1) is 13.6. The van der Waals surface area contributed by atoms with Crippen LogP contribution in [0.5, 0.6) is 5.75 Å². The summed E-state index contributed by atoms with van der Waals surface area (Å²) < 4.78 is 5.45. The zero-order valence-corrected chi connectivity index (χ0v) is 11.9. The molecule has 0 N–H and O–H groups in total. The second-order valence-corrected chi connectivity index (χ2v) is 4.92. The third-order valence-corrected chi connectivity index (χ3v) is 3.41. The fourth-order valence-electron chi connectivity index (χ4n) is 2.24. The van der Waals surface area contributed by atoms with Crippen molar-refractivity contribution in [2.24, 2.45) is 0 Å². The Bertz CT molecular complexity index is 633. The minimum atomic E-state index is 0.453. The van der Waals surface area contributed by atoms with E-state index >= 15 is 0 Å². The maximum atomic E-state index is 10.8. The first-order valence-corrected chi connectivity index (χ1v) is 6.35. The Morgan fingerprint density at radius 1 is 1.16 bits per heavy atom. The van der Waals surface area contributed by atoms with Gasteiger partial charge in [-0.15, -0.1) is 0 Å². The number of hydrogen-bond acceptors (Lipinski definition) is 2. The van der Waals surface area contributed by atoms with Crippen molar-refractivity contribution in [2.45, 2.75) is 13.8 Å². The molecule has 0 aliphatic rings. The van der Waals surface area contributed by atoms with Gasteiger partial charge in [0.2, 0.25) is 0 Å². The zero-order chi connectivity index (χ0) is 14.0. The molecule has 3 heteroatoms. The molecule has 2 aromatic rings. The van der Waals surface area contributed by atoms with E-state index in [1.165, 1.54) is 0 Å². The summed E-state index contributed by atoms with van der Waals surface area (Å²) in [5.74, 6) is 0.812. The van der Waals surface area contributed by atoms with Crippen molar-refractivity contribution in [3.8, 4) is 16.9 Å². The molecule has 0 aromatic heterocycles. The highest BCUT2D eigenvalue weighted by molar-refractivity contribution is 6.33. The first-order chi connectivity index (χ1) is 9.06. The van der Waals surface area contributed by atoms with Crippen LogP contribution in [0.2, 0.25) is 5.02 Å². The Balaban J connectivity index is 2.64. The maximum absolute atomic E-state index is 10.8. The molecule has 0 heterocycles. The average molecular weight is 275 g/mol. The van der Waals surface area contributed by atoms with Crippen LogP contribution in [-0.4, -0.2) is 13.4 Å². The number of benzene rings is 2. The number of carbonyl (C=O) groups is 1. The molecular formula is C16H15ClO2. The first-order valence-electron chi connectivity index (χ1n) is 5.97. The van der Waals surface area contributed by atoms with Gasteiger partial charge in [0, 0.05) is 11.1 Å². The minimum absolute atomic E-state index is 0.453. The summed E-state index contributed by atoms with van der Waals surface area (Å²) >= 11 is 6.09. The zero-order valence-electron chi connectivity index (χ0n) is 11.2. The van der Waals surface area contributed by atoms with Gasteiger partial charge in [0.1, 0.15) is 5.75 Å². The fourth-order valence-corrected chi connectivity index (χ4v) is 2.46. The van der Waals surface area contributed by atoms with Crippen molar-refractivity contribution < 1.29 is 9.53 Å². The Labute approximate surface area is 118 Å². The van der Waals surface area contributed by atoms with Crippen LogP contribution in [0.25, 0.3) is 11.1 Å². The second-order valence-electron chi connectivity index (χ2n) is 4.51. The number of methoxy groups -OCH3 is 1. The third-order valence-electron chi connectivity index (χ3n) is 3.08. The van der Waals surface area contributed by atoms with E-state index in [4.69, 9.17) is 16.3 Å². The molecule has 19 heavy (non-hydrogen) atoms. The van der Waals surface area contributed by atoms with Gasteiger partial charge in [0.15, 0.2) is 6.29 Å². The minimum Gasteiger partial charge on any atom is -0.496 e. The quantitative estimate of drug-likeness (QED) is 0.773. The lowest BCUT2D eigenvalue weighted by molar-refractivity contribution is 0.112. The molecule has 0 aliphatic carbocycles. The lowest BCUT2D eigenvalue weighted by atomic mass is 9.96. The summed E-state index contributed by atoms with van der Waals surface area (Å²) in [7, 11) is 1.65. The molecule has 0 spiro atoms. The van der Waals surface area contributed by atoms with E-state index in [0.717, 1.165) is 34.3 Å². The molecule has 0 unspecified atom stereocenters. The summed E-state index contributed by atoms with van der Waals surface area (Å²) in [6.07, 6.45) is 0.755. The lowest BCUT2D eigenvalue weighted by Gasteiger charge is -2.14. The maximum Gasteiger partial charge on any atom is 0.151 e. The van der Waals surface area contributed by atoms with Gasteiger partial charge in [-0.25, -0.2) is 0 Å². The molecule has 0 amide bonds. The monoisotopic (exact) mass is 274 g/mol. The van der Waals surface area contributed by atoms with Gasteiger partial charge in [-0.1, -0.05) is 23.7 Å². The van der Waals surface area contributed by atoms with Crippen LogP contribution in [0.3, 0.4) is 0 Å². The van der Waals surface area contributed by atoms with Crippen LogP contribution >= 0.6 is 11.6 Å². The number of rotatable bonds is 3. The van der Waals surface area contributed by atoms with Gasteiger partial charge in [-0.2, -0.15) is 0 Å². The van der Waals surface area contributed by atoms with Crippen molar-refractivity contribution >= 4 is 17.9 Å². The number of hydrogen-bond donors (Lipinski definition) is 0. The molecular weight excluding hydrogens is 260 g/mol. The van der Waals surface area contributed by atoms with E-state index in [2.05, 4.69) is 6.07 Å². The Morgan fingerprint density at radius 3 is 2.47 bits per heavy atom. The number of aryl methyl sites for hydroxylation is 2. The van der Waals surface area contributed by atoms with Crippen molar-refractivity contribution in [2.75, 3.05) is 7.11 Å². The lowest BCUT2D eigenvalue weighted by Crippen LogP contribution is -1.93. The van der Waals surface area contributed by atoms with Crippen molar-refractivity contribution in [3.63, 3.8) is 0 Å². The van der Waals surface area contributed by atoms with Gasteiger partial charge in [-0.05, 0) is 48.7 Å². The van der Waals surface area contributed by atoms with Crippen molar-refractivity contribution in [1.29, 1.82) is 0 Å². The van der Waals surface area contributed by atoms with Gasteiger partial charge >= 0.3 is 0 Å². The number of ether oxygens (including phenoxy) is 1. The molecule has 0 radical (unpaired) electrons. The van der Waals surface area contributed by atoms with Crippen LogP contribution in [0.15, 0.2) is 30.3 Å². The summed E-state index contributed by atoms with van der Waals surface area (Å²) in [4.78, 5) is 10.8. The van der Waals surface area contributed by atoms with Crippen LogP contribution in [0.1, 0.15) is 21.5 Å². The predicted molar refractivity (Wildman–Crippen MR) is 78.3 cm³/mol. The number of carbonyl (C=O) groups excluding carboxylic acids is 1. The molecule has 0 atom stereocenters. The topological polar surface area (TPSA) is 26.3 Å². The summed E-state index contributed by atoms with van der Waals surface area (Å²) in [5, 5.41) is 0.453. The predicted octanol–water partition coefficient (Wildman–Crippen LogP) is 4.44. The molecule has 2 aromatic carbocycles. The standard InChI is InChI=1S/C16H15ClO2/c1-10-6-11(2)16(15(7-10)19-3)12-4-5-13(9-18)14(17)8-12/h4-9H,1-3H3. The number of halogens is 1. The molecule has 98 valence electrons. The summed E-state index contributed by atoms with van der Waals surface area (Å²) in [6.45, 7) is 4.06. The highest BCUT2D eigenvalue weighted by Gasteiger charge is 2.11. The molecule has 0 saturated carbocycles. The van der Waals surface area contributed by atoms with Crippen molar-refractivity contribution in [1.82, 2.24) is 0 Å². The molecule has 0 bridgehead atoms. The SMILES string of the molecule is COc1cc(C)cc(C)c1-c1ccc(C=O)c(Cl)c1. The molecule has 0 fully saturated rings. The highest BCUT2D eigenvalue weighted by Crippen LogP contribution is 2.35. The molecule has 0 saturated heterocycles. The van der Waals surface area contributed by atoms with Crippen LogP contribution < -0.4 is 4.74 Å². The van der Waals surface area contributed by atoms with Gasteiger partial charge in [-0.3, -0.25) is 4.79 Å². The van der Waals surface area contributed by atoms with Crippen LogP contribution in [-0.2, 0) is 0 Å². The van der Waals surface area contributed by atoms with E-state index in [1.54, 1.807) is 19.2 Å². The average Bonchev–Trinajstić information content (AvgIpc) is 2.37. The Morgan fingerprint density at radius 2 is 1.89 bits per heavy atom. The summed E-state index contributed by atoms with van der Waals surface area (Å²) in [5.41, 5.74) is 4.71. The molecule has 2 nitrogen and oxygen atoms in total. The molecule has 2 rings (SSSR count). The smallest absolute Gasteiger partial charge is 0.151 e. The fraction of sp³-hybridized carbons (Fsp3) is 0.188. The largest absolute Gasteiger partial charge is 0.496 e. The molecule has 0 aliphatic heterocycles. The van der Waals surface area contributed by atoms with Gasteiger partial charge in [0.05, 0.1) is 12.1 Å². The van der Waals surface area contributed by atoms with E-state index in [-0.39, 0.29) is 0 Å². The van der Waals surface area contributed by atoms with E-state index in [9.17, 15) is 4.79 Å². The second kappa shape index (κ2) is 5.45. The van der Waals surface area contributed by atoms with E-state index in [0.29, 0.717) is 10.6 Å². The van der Waals surface area contributed by atoms with E-state index < -0.39 is 0 Å². The van der Waals surface area contributed by atoms with Crippen molar-refractivity contribution in [3.05, 3.63) is 52.0 Å². The van der Waals surface area contributed by atoms with Crippen LogP contribution in [0.4, 0.5) is 0 Å².